The summed E-state index contributed by atoms with van der Waals surface area (Å²) in [6.45, 7) is 6.23. The van der Waals surface area contributed by atoms with Crippen LogP contribution in [0.4, 0.5) is 0 Å². The molecule has 0 saturated carbocycles. The molecule has 0 fully saturated rings. The molecule has 0 aliphatic heterocycles. The molecule has 92 valence electrons. The van der Waals surface area contributed by atoms with Gasteiger partial charge in [0.1, 0.15) is 13.2 Å². The lowest BCUT2D eigenvalue weighted by Crippen LogP contribution is -2.61. The third-order valence-corrected chi connectivity index (χ3v) is 3.57. The molecular formula is C9H20BrClNO3+. The van der Waals surface area contributed by atoms with Crippen LogP contribution >= 0.6 is 27.5 Å². The number of halogens is 2. The van der Waals surface area contributed by atoms with Crippen LogP contribution in [0, 0.1) is 0 Å². The first kappa shape index (κ1) is 15.6. The molecule has 0 aromatic heterocycles. The van der Waals surface area contributed by atoms with Crippen LogP contribution in [0.1, 0.15) is 20.8 Å². The number of hydroxylamine groups is 3. The summed E-state index contributed by atoms with van der Waals surface area (Å²) in [7, 11) is 3.33. The van der Waals surface area contributed by atoms with E-state index in [-0.39, 0.29) is 16.8 Å². The van der Waals surface area contributed by atoms with Gasteiger partial charge in [-0.2, -0.15) is 4.84 Å². The number of ether oxygens (including phenoxy) is 2. The number of hydrogen-bond donors (Lipinski definition) is 0. The van der Waals surface area contributed by atoms with Crippen LogP contribution in [0.15, 0.2) is 0 Å². The number of hydrogen-bond acceptors (Lipinski definition) is 3. The summed E-state index contributed by atoms with van der Waals surface area (Å²) in [5.74, 6) is 0. The Morgan fingerprint density at radius 3 is 2.27 bits per heavy atom. The van der Waals surface area contributed by atoms with E-state index >= 15 is 0 Å². The van der Waals surface area contributed by atoms with Crippen molar-refractivity contribution in [1.82, 2.24) is 0 Å². The first-order valence-electron chi connectivity index (χ1n) is 4.83. The zero-order valence-electron chi connectivity index (χ0n) is 9.92. The van der Waals surface area contributed by atoms with Crippen molar-refractivity contribution in [3.8, 4) is 0 Å². The SMILES string of the molecule is CCOC(Br)(OC)[N+](C)(CCl)OC(C)C. The minimum absolute atomic E-state index is 0.0151. The van der Waals surface area contributed by atoms with Crippen molar-refractivity contribution < 1.29 is 19.0 Å². The van der Waals surface area contributed by atoms with Crippen LogP contribution in [0.3, 0.4) is 0 Å². The Kier molecular flexibility index (Phi) is 6.63. The molecule has 0 aliphatic carbocycles. The van der Waals surface area contributed by atoms with Gasteiger partial charge < -0.3 is 0 Å². The van der Waals surface area contributed by atoms with Crippen molar-refractivity contribution in [2.75, 3.05) is 26.8 Å². The molecule has 2 atom stereocenters. The Hall–Kier alpha value is 0.610. The topological polar surface area (TPSA) is 27.7 Å². The minimum atomic E-state index is -1.08. The van der Waals surface area contributed by atoms with Gasteiger partial charge in [-0.3, -0.25) is 9.47 Å². The maximum absolute atomic E-state index is 5.91. The lowest BCUT2D eigenvalue weighted by molar-refractivity contribution is -1.14. The molecule has 0 aromatic carbocycles. The lowest BCUT2D eigenvalue weighted by Gasteiger charge is -2.41. The first-order chi connectivity index (χ1) is 6.85. The van der Waals surface area contributed by atoms with Gasteiger partial charge in [0, 0.05) is 7.11 Å². The zero-order valence-corrected chi connectivity index (χ0v) is 12.3. The largest absolute Gasteiger partial charge is 0.409 e. The van der Waals surface area contributed by atoms with E-state index < -0.39 is 4.82 Å². The van der Waals surface area contributed by atoms with E-state index in [1.54, 1.807) is 7.05 Å². The van der Waals surface area contributed by atoms with Crippen LogP contribution in [-0.2, 0) is 14.3 Å². The summed E-state index contributed by atoms with van der Waals surface area (Å²) >= 11 is 9.28. The highest BCUT2D eigenvalue weighted by Crippen LogP contribution is 2.34. The van der Waals surface area contributed by atoms with E-state index in [4.69, 9.17) is 25.9 Å². The highest BCUT2D eigenvalue weighted by Gasteiger charge is 2.51. The molecule has 0 aliphatic rings. The Morgan fingerprint density at radius 1 is 1.47 bits per heavy atom. The summed E-state index contributed by atoms with van der Waals surface area (Å²) < 4.78 is 10.8. The van der Waals surface area contributed by atoms with Crippen LogP contribution < -0.4 is 0 Å². The Bertz CT molecular complexity index is 196. The second-order valence-corrected chi connectivity index (χ2v) is 4.76. The monoisotopic (exact) mass is 304 g/mol. The van der Waals surface area contributed by atoms with Gasteiger partial charge in [0.25, 0.3) is 0 Å². The van der Waals surface area contributed by atoms with Gasteiger partial charge >= 0.3 is 4.82 Å². The van der Waals surface area contributed by atoms with Crippen molar-refractivity contribution in [3.05, 3.63) is 0 Å². The average molecular weight is 306 g/mol. The standard InChI is InChI=1S/C9H20BrClNO3/c1-6-14-9(10,13-5)12(4,7-11)15-8(2)3/h8H,6-7H2,1-5H3/q+1. The quantitative estimate of drug-likeness (QED) is 0.238. The summed E-state index contributed by atoms with van der Waals surface area (Å²) in [4.78, 5) is 4.63. The molecule has 0 radical (unpaired) electrons. The minimum Gasteiger partial charge on any atom is -0.295 e. The predicted octanol–water partition coefficient (Wildman–Crippen LogP) is 2.66. The molecule has 0 spiro atoms. The second kappa shape index (κ2) is 6.37. The van der Waals surface area contributed by atoms with Gasteiger partial charge in [0.05, 0.1) is 22.5 Å². The molecule has 6 heteroatoms. The Morgan fingerprint density at radius 2 is 2.00 bits per heavy atom. The average Bonchev–Trinajstić information content (AvgIpc) is 2.16. The maximum Gasteiger partial charge on any atom is 0.409 e. The summed E-state index contributed by atoms with van der Waals surface area (Å²) in [5, 5.41) is 0. The fourth-order valence-corrected chi connectivity index (χ4v) is 1.99. The lowest BCUT2D eigenvalue weighted by atomic mass is 10.5. The molecule has 0 heterocycles. The molecule has 0 amide bonds. The number of rotatable bonds is 7. The van der Waals surface area contributed by atoms with Crippen molar-refractivity contribution in [2.24, 2.45) is 0 Å². The smallest absolute Gasteiger partial charge is 0.295 e. The molecule has 0 rings (SSSR count). The highest BCUT2D eigenvalue weighted by atomic mass is 79.9. The van der Waals surface area contributed by atoms with E-state index in [0.29, 0.717) is 6.61 Å². The first-order valence-corrected chi connectivity index (χ1v) is 6.16. The van der Waals surface area contributed by atoms with Crippen molar-refractivity contribution in [3.63, 3.8) is 0 Å². The van der Waals surface area contributed by atoms with E-state index in [9.17, 15) is 0 Å². The molecular weight excluding hydrogens is 285 g/mol. The van der Waals surface area contributed by atoms with Gasteiger partial charge in [-0.1, -0.05) is 11.6 Å². The second-order valence-electron chi connectivity index (χ2n) is 3.52. The molecule has 4 nitrogen and oxygen atoms in total. The van der Waals surface area contributed by atoms with Crippen LogP contribution in [0.25, 0.3) is 0 Å². The molecule has 0 N–H and O–H groups in total. The Balaban J connectivity index is 4.85. The number of methoxy groups -OCH3 is 1. The van der Waals surface area contributed by atoms with Gasteiger partial charge in [0.2, 0.25) is 0 Å². The van der Waals surface area contributed by atoms with Gasteiger partial charge in [-0.05, 0) is 20.8 Å². The molecule has 0 bridgehead atoms. The van der Waals surface area contributed by atoms with Crippen molar-refractivity contribution >= 4 is 27.5 Å². The molecule has 0 saturated heterocycles. The maximum atomic E-state index is 5.91. The summed E-state index contributed by atoms with van der Waals surface area (Å²) in [6.07, 6.45) is 0.0151. The normalized spacial score (nSPS) is 20.0. The predicted molar refractivity (Wildman–Crippen MR) is 63.4 cm³/mol. The van der Waals surface area contributed by atoms with E-state index in [1.807, 2.05) is 20.8 Å². The molecule has 0 aromatic rings. The van der Waals surface area contributed by atoms with E-state index in [0.717, 1.165) is 0 Å². The highest BCUT2D eigenvalue weighted by molar-refractivity contribution is 9.09. The summed E-state index contributed by atoms with van der Waals surface area (Å²) in [5.41, 5.74) is 0. The third-order valence-electron chi connectivity index (χ3n) is 1.81. The van der Waals surface area contributed by atoms with Crippen LogP contribution in [0.2, 0.25) is 0 Å². The van der Waals surface area contributed by atoms with Crippen molar-refractivity contribution in [2.45, 2.75) is 31.7 Å². The van der Waals surface area contributed by atoms with Crippen molar-refractivity contribution in [1.29, 1.82) is 0 Å². The summed E-state index contributed by atoms with van der Waals surface area (Å²) in [6, 6.07) is 0.206. The zero-order chi connectivity index (χ0) is 12.1. The fraction of sp³-hybridized carbons (Fsp3) is 1.00. The van der Waals surface area contributed by atoms with Crippen LogP contribution in [-0.4, -0.2) is 42.3 Å². The number of nitrogens with zero attached hydrogens (tertiary/aromatic N) is 1. The van der Waals surface area contributed by atoms with Crippen LogP contribution in [0.5, 0.6) is 0 Å². The molecule has 15 heavy (non-hydrogen) atoms. The number of quaternary nitrogens is 1. The third kappa shape index (κ3) is 3.84. The van der Waals surface area contributed by atoms with Gasteiger partial charge in [-0.25, -0.2) is 0 Å². The molecule has 2 unspecified atom stereocenters. The fourth-order valence-electron chi connectivity index (χ4n) is 1.19. The van der Waals surface area contributed by atoms with Gasteiger partial charge in [0.15, 0.2) is 6.00 Å². The number of alkyl halides is 2. The Labute approximate surface area is 105 Å². The van der Waals surface area contributed by atoms with Gasteiger partial charge in [-0.15, -0.1) is 4.65 Å². The van der Waals surface area contributed by atoms with E-state index in [1.165, 1.54) is 7.11 Å². The van der Waals surface area contributed by atoms with E-state index in [2.05, 4.69) is 15.9 Å².